The van der Waals surface area contributed by atoms with Crippen LogP contribution in [-0.4, -0.2) is 31.1 Å². The van der Waals surface area contributed by atoms with E-state index < -0.39 is 19.2 Å². The van der Waals surface area contributed by atoms with Crippen molar-refractivity contribution in [3.05, 3.63) is 35.5 Å². The monoisotopic (exact) mass is 849 g/mol. The molecule has 1 aliphatic heterocycles. The molecule has 0 atom stereocenters. The topological polar surface area (TPSA) is 52.6 Å². The van der Waals surface area contributed by atoms with Crippen LogP contribution in [0.3, 0.4) is 0 Å². The van der Waals surface area contributed by atoms with Gasteiger partial charge in [-0.25, -0.2) is 0 Å². The van der Waals surface area contributed by atoms with Gasteiger partial charge in [0.05, 0.1) is 0 Å². The second-order valence-electron chi connectivity index (χ2n) is 16.2. The maximum atomic E-state index is 13.8. The Balaban J connectivity index is 2.51. The predicted octanol–water partition coefficient (Wildman–Crippen LogP) is 16.3. The molecule has 1 aliphatic rings. The summed E-state index contributed by atoms with van der Waals surface area (Å²) in [5.41, 5.74) is 1.31. The van der Waals surface area contributed by atoms with E-state index in [1.54, 1.807) is 0 Å². The summed E-state index contributed by atoms with van der Waals surface area (Å²) in [6.07, 6.45) is 50.2. The van der Waals surface area contributed by atoms with Crippen molar-refractivity contribution in [1.29, 1.82) is 0 Å². The molecule has 0 radical (unpaired) electrons. The van der Waals surface area contributed by atoms with Crippen molar-refractivity contribution in [2.24, 2.45) is 0 Å². The number of carbonyl (C=O) groups excluding carboxylic acids is 2. The first-order valence-electron chi connectivity index (χ1n) is 23.5. The van der Waals surface area contributed by atoms with Crippen molar-refractivity contribution >= 4 is 31.1 Å². The van der Waals surface area contributed by atoms with Crippen LogP contribution in [0.15, 0.2) is 35.5 Å². The Kier molecular flexibility index (Phi) is 34.5. The van der Waals surface area contributed by atoms with Crippen LogP contribution in [0.1, 0.15) is 246 Å². The van der Waals surface area contributed by atoms with Gasteiger partial charge >= 0.3 is 221 Å². The molecule has 0 unspecified atom stereocenters. The molecule has 1 rings (SSSR count). The molecular formula is C48H88O4Sn. The zero-order valence-corrected chi connectivity index (χ0v) is 38.8. The van der Waals surface area contributed by atoms with Crippen LogP contribution in [0.25, 0.3) is 0 Å². The molecule has 0 saturated heterocycles. The summed E-state index contributed by atoms with van der Waals surface area (Å²) in [6.45, 7) is 8.88. The van der Waals surface area contributed by atoms with Gasteiger partial charge in [-0.1, -0.05) is 90.2 Å². The normalized spacial score (nSPS) is 14.8. The Morgan fingerprint density at radius 2 is 0.623 bits per heavy atom. The van der Waals surface area contributed by atoms with Crippen molar-refractivity contribution < 1.29 is 15.7 Å². The van der Waals surface area contributed by atoms with E-state index in [1.165, 1.54) is 154 Å². The molecule has 5 heteroatoms. The molecule has 0 aromatic carbocycles. The summed E-state index contributed by atoms with van der Waals surface area (Å²) in [5, 5.41) is 0. The number of hydrogen-bond donors (Lipinski definition) is 0. The van der Waals surface area contributed by atoms with Gasteiger partial charge in [-0.05, 0) is 25.7 Å². The molecule has 53 heavy (non-hydrogen) atoms. The predicted molar refractivity (Wildman–Crippen MR) is 233 cm³/mol. The van der Waals surface area contributed by atoms with Crippen LogP contribution in [-0.2, 0) is 15.7 Å². The molecule has 0 spiro atoms. The van der Waals surface area contributed by atoms with E-state index in [0.29, 0.717) is 24.0 Å². The second kappa shape index (κ2) is 36.6. The van der Waals surface area contributed by atoms with E-state index in [0.717, 1.165) is 60.2 Å². The summed E-state index contributed by atoms with van der Waals surface area (Å²) in [6, 6.07) is 0. The minimum absolute atomic E-state index is 0.203. The summed E-state index contributed by atoms with van der Waals surface area (Å²) >= 11 is -3.84. The first kappa shape index (κ1) is 50.0. The van der Waals surface area contributed by atoms with E-state index in [1.807, 2.05) is 0 Å². The third kappa shape index (κ3) is 27.2. The van der Waals surface area contributed by atoms with Gasteiger partial charge in [-0.15, -0.1) is 0 Å². The van der Waals surface area contributed by atoms with Crippen LogP contribution in [0, 0.1) is 0 Å². The van der Waals surface area contributed by atoms with Crippen molar-refractivity contribution in [3.8, 4) is 0 Å². The Morgan fingerprint density at radius 3 is 0.925 bits per heavy atom. The average Bonchev–Trinajstić information content (AvgIpc) is 3.25. The molecule has 0 fully saturated rings. The summed E-state index contributed by atoms with van der Waals surface area (Å²) in [5.74, 6) is -0.405. The molecule has 0 saturated carbocycles. The zero-order chi connectivity index (χ0) is 38.5. The van der Waals surface area contributed by atoms with Crippen LogP contribution in [0.4, 0.5) is 0 Å². The van der Waals surface area contributed by atoms with Gasteiger partial charge in [0.15, 0.2) is 0 Å². The molecular weight excluding hydrogens is 759 g/mol. The second-order valence-corrected chi connectivity index (χ2v) is 25.4. The summed E-state index contributed by atoms with van der Waals surface area (Å²) < 4.78 is 14.4. The van der Waals surface area contributed by atoms with Gasteiger partial charge < -0.3 is 0 Å². The number of allylic oxidation sites excluding steroid dienone is 4. The van der Waals surface area contributed by atoms with Gasteiger partial charge in [0.1, 0.15) is 0 Å². The maximum absolute atomic E-state index is 13.8. The number of rotatable bonds is 38. The van der Waals surface area contributed by atoms with Gasteiger partial charge in [-0.2, -0.15) is 0 Å². The fourth-order valence-electron chi connectivity index (χ4n) is 7.55. The SMILES string of the molecule is CCCCCCCC/C=C\CCCCCCCCC1=C(CCCCCCCC/C=C\CCCCCCCC)C(=O)[O][Sn]([CH2]CCC)([CH2]CCC)[O]C1=O. The molecule has 0 aromatic heterocycles. The molecule has 0 bridgehead atoms. The fourth-order valence-corrected chi connectivity index (χ4v) is 17.3. The van der Waals surface area contributed by atoms with Crippen LogP contribution < -0.4 is 0 Å². The van der Waals surface area contributed by atoms with Gasteiger partial charge in [0.25, 0.3) is 0 Å². The van der Waals surface area contributed by atoms with E-state index in [2.05, 4.69) is 52.0 Å². The van der Waals surface area contributed by atoms with Gasteiger partial charge in [-0.3, -0.25) is 0 Å². The number of unbranched alkanes of at least 4 members (excludes halogenated alkanes) is 26. The Hall–Kier alpha value is -1.04. The number of carbonyl (C=O) groups is 2. The van der Waals surface area contributed by atoms with Gasteiger partial charge in [0, 0.05) is 0 Å². The summed E-state index contributed by atoms with van der Waals surface area (Å²) in [4.78, 5) is 27.6. The van der Waals surface area contributed by atoms with Crippen molar-refractivity contribution in [3.63, 3.8) is 0 Å². The van der Waals surface area contributed by atoms with E-state index in [-0.39, 0.29) is 11.9 Å². The van der Waals surface area contributed by atoms with Crippen LogP contribution >= 0.6 is 0 Å². The third-order valence-corrected chi connectivity index (χ3v) is 20.7. The minimum atomic E-state index is -3.84. The quantitative estimate of drug-likeness (QED) is 0.0353. The molecule has 0 N–H and O–H groups in total. The molecule has 1 heterocycles. The van der Waals surface area contributed by atoms with Crippen molar-refractivity contribution in [2.45, 2.75) is 255 Å². The fraction of sp³-hybridized carbons (Fsp3) is 0.833. The van der Waals surface area contributed by atoms with E-state index >= 15 is 0 Å². The molecule has 0 amide bonds. The standard InChI is InChI=1S/C40H72O4.2C4H9.Sn/c1-3-5-7-9-11-13-15-17-19-21-23-25-27-29-31-33-35-37(39(41)42)38(40(43)44)36-34-32-30-28-26-24-22-20-18-16-14-12-10-8-6-4-2;2*1-3-4-2;/h17-20H,3-16,21-36H2,1-2H3,(H,41,42)(H,43,44);2*1,3-4H2,2H3;/q;;;+2/p-2/b19-17-,20-18-,38-37?;;;. The van der Waals surface area contributed by atoms with Crippen LogP contribution in [0.2, 0.25) is 8.87 Å². The van der Waals surface area contributed by atoms with E-state index in [9.17, 15) is 9.59 Å². The van der Waals surface area contributed by atoms with E-state index in [4.69, 9.17) is 6.15 Å². The van der Waals surface area contributed by atoms with Gasteiger partial charge in [0.2, 0.25) is 0 Å². The Labute approximate surface area is 335 Å². The molecule has 0 aromatic rings. The van der Waals surface area contributed by atoms with Crippen molar-refractivity contribution in [1.82, 2.24) is 0 Å². The first-order valence-corrected chi connectivity index (χ1v) is 29.9. The average molecular weight is 848 g/mol. The third-order valence-electron chi connectivity index (χ3n) is 11.1. The first-order chi connectivity index (χ1) is 26.0. The Bertz CT molecular complexity index is 891. The molecule has 0 aliphatic carbocycles. The Morgan fingerprint density at radius 1 is 0.358 bits per heavy atom. The molecule has 4 nitrogen and oxygen atoms in total. The number of hydrogen-bond acceptors (Lipinski definition) is 4. The summed E-state index contributed by atoms with van der Waals surface area (Å²) in [7, 11) is 0. The zero-order valence-electron chi connectivity index (χ0n) is 35.9. The van der Waals surface area contributed by atoms with Crippen LogP contribution in [0.5, 0.6) is 0 Å². The van der Waals surface area contributed by atoms with Crippen molar-refractivity contribution in [2.75, 3.05) is 0 Å². The molecule has 308 valence electrons.